The van der Waals surface area contributed by atoms with Gasteiger partial charge in [0.25, 0.3) is 0 Å². The molecule has 1 N–H and O–H groups in total. The van der Waals surface area contributed by atoms with Crippen LogP contribution in [0.25, 0.3) is 11.0 Å². The summed E-state index contributed by atoms with van der Waals surface area (Å²) in [7, 11) is 0. The Kier molecular flexibility index (Phi) is 1.76. The number of nitrogens with zero attached hydrogens (tertiary/aromatic N) is 1. The van der Waals surface area contributed by atoms with Gasteiger partial charge < -0.3 is 9.52 Å². The van der Waals surface area contributed by atoms with Gasteiger partial charge in [-0.15, -0.1) is 0 Å². The van der Waals surface area contributed by atoms with E-state index < -0.39 is 0 Å². The maximum Gasteiger partial charge on any atom is 0.135 e. The molecule has 1 aromatic carbocycles. The zero-order chi connectivity index (χ0) is 9.26. The number of rotatable bonds is 1. The Hall–Kier alpha value is -1.79. The highest BCUT2D eigenvalue weighted by Crippen LogP contribution is 2.22. The van der Waals surface area contributed by atoms with Crippen molar-refractivity contribution in [3.8, 4) is 6.07 Å². The van der Waals surface area contributed by atoms with Crippen molar-refractivity contribution in [2.75, 3.05) is 0 Å². The summed E-state index contributed by atoms with van der Waals surface area (Å²) in [5.74, 6) is 0.484. The third-order valence-electron chi connectivity index (χ3n) is 1.89. The second-order valence-corrected chi connectivity index (χ2v) is 2.70. The summed E-state index contributed by atoms with van der Waals surface area (Å²) in [6.07, 6.45) is 0. The number of hydrogen-bond acceptors (Lipinski definition) is 3. The maximum absolute atomic E-state index is 8.83. The smallest absolute Gasteiger partial charge is 0.135 e. The summed E-state index contributed by atoms with van der Waals surface area (Å²) in [6.45, 7) is -0.139. The molecule has 3 heteroatoms. The SMILES string of the molecule is N#Cc1cccc2oc(CO)cc12. The molecule has 1 heterocycles. The van der Waals surface area contributed by atoms with Crippen LogP contribution >= 0.6 is 0 Å². The summed E-state index contributed by atoms with van der Waals surface area (Å²) in [5.41, 5.74) is 1.21. The Balaban J connectivity index is 2.76. The van der Waals surface area contributed by atoms with Crippen molar-refractivity contribution in [3.05, 3.63) is 35.6 Å². The van der Waals surface area contributed by atoms with Gasteiger partial charge in [-0.2, -0.15) is 5.26 Å². The zero-order valence-electron chi connectivity index (χ0n) is 6.82. The van der Waals surface area contributed by atoms with E-state index in [1.165, 1.54) is 0 Å². The van der Waals surface area contributed by atoms with Crippen molar-refractivity contribution in [1.29, 1.82) is 5.26 Å². The van der Waals surface area contributed by atoms with E-state index in [1.807, 2.05) is 0 Å². The van der Waals surface area contributed by atoms with Crippen LogP contribution in [0.1, 0.15) is 11.3 Å². The third kappa shape index (κ3) is 1.17. The lowest BCUT2D eigenvalue weighted by Crippen LogP contribution is -1.74. The van der Waals surface area contributed by atoms with Gasteiger partial charge in [0.05, 0.1) is 11.6 Å². The predicted molar refractivity (Wildman–Crippen MR) is 46.9 cm³/mol. The third-order valence-corrected chi connectivity index (χ3v) is 1.89. The Labute approximate surface area is 74.8 Å². The van der Waals surface area contributed by atoms with Gasteiger partial charge in [-0.3, -0.25) is 0 Å². The van der Waals surface area contributed by atoms with E-state index in [2.05, 4.69) is 6.07 Å². The number of furan rings is 1. The van der Waals surface area contributed by atoms with Crippen molar-refractivity contribution in [2.24, 2.45) is 0 Å². The Bertz CT molecular complexity index is 479. The quantitative estimate of drug-likeness (QED) is 0.715. The molecular weight excluding hydrogens is 166 g/mol. The molecule has 0 aliphatic heterocycles. The Morgan fingerprint density at radius 2 is 2.31 bits per heavy atom. The lowest BCUT2D eigenvalue weighted by molar-refractivity contribution is 0.251. The van der Waals surface area contributed by atoms with Crippen LogP contribution in [0.15, 0.2) is 28.7 Å². The predicted octanol–water partition coefficient (Wildman–Crippen LogP) is 1.80. The van der Waals surface area contributed by atoms with Crippen molar-refractivity contribution >= 4 is 11.0 Å². The highest BCUT2D eigenvalue weighted by atomic mass is 16.4. The highest BCUT2D eigenvalue weighted by Gasteiger charge is 2.05. The Morgan fingerprint density at radius 1 is 1.46 bits per heavy atom. The molecule has 0 bridgehead atoms. The summed E-state index contributed by atoms with van der Waals surface area (Å²) in [5, 5.41) is 18.3. The molecule has 0 fully saturated rings. The average Bonchev–Trinajstić information content (AvgIpc) is 2.59. The first-order chi connectivity index (χ1) is 6.35. The van der Waals surface area contributed by atoms with E-state index >= 15 is 0 Å². The van der Waals surface area contributed by atoms with E-state index in [1.54, 1.807) is 24.3 Å². The summed E-state index contributed by atoms with van der Waals surface area (Å²) < 4.78 is 5.26. The molecule has 0 saturated heterocycles. The normalized spacial score (nSPS) is 10.2. The Morgan fingerprint density at radius 3 is 3.00 bits per heavy atom. The van der Waals surface area contributed by atoms with Gasteiger partial charge in [-0.25, -0.2) is 0 Å². The number of aliphatic hydroxyl groups excluding tert-OH is 1. The number of aliphatic hydroxyl groups is 1. The monoisotopic (exact) mass is 173 g/mol. The van der Waals surface area contributed by atoms with E-state index in [4.69, 9.17) is 14.8 Å². The van der Waals surface area contributed by atoms with E-state index in [0.717, 1.165) is 5.39 Å². The van der Waals surface area contributed by atoms with Crippen molar-refractivity contribution in [2.45, 2.75) is 6.61 Å². The minimum absolute atomic E-state index is 0.139. The van der Waals surface area contributed by atoms with Crippen molar-refractivity contribution < 1.29 is 9.52 Å². The van der Waals surface area contributed by atoms with Crippen LogP contribution < -0.4 is 0 Å². The summed E-state index contributed by atoms with van der Waals surface area (Å²) >= 11 is 0. The topological polar surface area (TPSA) is 57.2 Å². The molecule has 0 aliphatic carbocycles. The van der Waals surface area contributed by atoms with Crippen molar-refractivity contribution in [1.82, 2.24) is 0 Å². The van der Waals surface area contributed by atoms with Crippen LogP contribution in [0.5, 0.6) is 0 Å². The van der Waals surface area contributed by atoms with Gasteiger partial charge in [-0.05, 0) is 18.2 Å². The summed E-state index contributed by atoms with van der Waals surface area (Å²) in [4.78, 5) is 0. The van der Waals surface area contributed by atoms with Crippen molar-refractivity contribution in [3.63, 3.8) is 0 Å². The molecule has 13 heavy (non-hydrogen) atoms. The second kappa shape index (κ2) is 2.92. The van der Waals surface area contributed by atoms with Crippen LogP contribution in [0.4, 0.5) is 0 Å². The van der Waals surface area contributed by atoms with Gasteiger partial charge in [0.1, 0.15) is 18.0 Å². The van der Waals surface area contributed by atoms with Gasteiger partial charge in [0.2, 0.25) is 0 Å². The first-order valence-corrected chi connectivity index (χ1v) is 3.87. The minimum Gasteiger partial charge on any atom is -0.459 e. The van der Waals surface area contributed by atoms with Crippen LogP contribution in [-0.2, 0) is 6.61 Å². The molecule has 0 aliphatic rings. The zero-order valence-corrected chi connectivity index (χ0v) is 6.82. The second-order valence-electron chi connectivity index (χ2n) is 2.70. The molecule has 0 saturated carbocycles. The van der Waals surface area contributed by atoms with Crippen LogP contribution in [-0.4, -0.2) is 5.11 Å². The minimum atomic E-state index is -0.139. The largest absolute Gasteiger partial charge is 0.459 e. The van der Waals surface area contributed by atoms with E-state index in [-0.39, 0.29) is 6.61 Å². The lowest BCUT2D eigenvalue weighted by atomic mass is 10.1. The lowest BCUT2D eigenvalue weighted by Gasteiger charge is -1.88. The maximum atomic E-state index is 8.83. The standard InChI is InChI=1S/C10H7NO2/c11-5-7-2-1-3-10-9(7)4-8(6-12)13-10/h1-4,12H,6H2. The molecule has 0 spiro atoms. The first kappa shape index (κ1) is 7.84. The van der Waals surface area contributed by atoms with Gasteiger partial charge in [0, 0.05) is 5.39 Å². The van der Waals surface area contributed by atoms with E-state index in [0.29, 0.717) is 16.9 Å². The molecule has 2 rings (SSSR count). The number of nitriles is 1. The molecule has 0 unspecified atom stereocenters. The molecule has 0 amide bonds. The van der Waals surface area contributed by atoms with Gasteiger partial charge in [-0.1, -0.05) is 6.07 Å². The molecule has 0 atom stereocenters. The fraction of sp³-hybridized carbons (Fsp3) is 0.100. The number of hydrogen-bond donors (Lipinski definition) is 1. The van der Waals surface area contributed by atoms with E-state index in [9.17, 15) is 0 Å². The molecule has 1 aromatic heterocycles. The average molecular weight is 173 g/mol. The summed E-state index contributed by atoms with van der Waals surface area (Å²) in [6, 6.07) is 9.00. The van der Waals surface area contributed by atoms with Crippen LogP contribution in [0.3, 0.4) is 0 Å². The van der Waals surface area contributed by atoms with Gasteiger partial charge in [0.15, 0.2) is 0 Å². The highest BCUT2D eigenvalue weighted by molar-refractivity contribution is 5.84. The van der Waals surface area contributed by atoms with Crippen LogP contribution in [0, 0.1) is 11.3 Å². The first-order valence-electron chi connectivity index (χ1n) is 3.87. The molecule has 2 aromatic rings. The fourth-order valence-electron chi connectivity index (χ4n) is 1.29. The fourth-order valence-corrected chi connectivity index (χ4v) is 1.29. The molecule has 64 valence electrons. The molecular formula is C10H7NO2. The number of fused-ring (bicyclic) bond motifs is 1. The van der Waals surface area contributed by atoms with Crippen LogP contribution in [0.2, 0.25) is 0 Å². The molecule has 0 radical (unpaired) electrons. The number of benzene rings is 1. The van der Waals surface area contributed by atoms with Gasteiger partial charge >= 0.3 is 0 Å². The molecule has 3 nitrogen and oxygen atoms in total.